The van der Waals surface area contributed by atoms with E-state index in [4.69, 9.17) is 0 Å². The predicted octanol–water partition coefficient (Wildman–Crippen LogP) is 3.20. The lowest BCUT2D eigenvalue weighted by Gasteiger charge is -2.24. The Balaban J connectivity index is 2.21. The van der Waals surface area contributed by atoms with Gasteiger partial charge in [0, 0.05) is 4.88 Å². The van der Waals surface area contributed by atoms with Crippen LogP contribution in [0.5, 0.6) is 0 Å². The Morgan fingerprint density at radius 2 is 2.24 bits per heavy atom. The number of carbonyl (C=O) groups is 1. The van der Waals surface area contributed by atoms with E-state index in [1.54, 1.807) is 0 Å². The van der Waals surface area contributed by atoms with Gasteiger partial charge in [-0.05, 0) is 30.9 Å². The molecule has 1 aromatic rings. The molecular formula is C11H11F3O2S. The van der Waals surface area contributed by atoms with Gasteiger partial charge in [-0.2, -0.15) is 13.2 Å². The molecular weight excluding hydrogens is 253 g/mol. The van der Waals surface area contributed by atoms with Gasteiger partial charge in [-0.25, -0.2) is 4.79 Å². The quantitative estimate of drug-likeness (QED) is 0.728. The molecule has 17 heavy (non-hydrogen) atoms. The van der Waals surface area contributed by atoms with E-state index in [0.29, 0.717) is 16.9 Å². The van der Waals surface area contributed by atoms with Crippen LogP contribution >= 0.6 is 11.3 Å². The van der Waals surface area contributed by atoms with Crippen molar-refractivity contribution in [2.24, 2.45) is 5.92 Å². The van der Waals surface area contributed by atoms with E-state index in [1.165, 1.54) is 24.5 Å². The molecule has 0 N–H and O–H groups in total. The van der Waals surface area contributed by atoms with E-state index >= 15 is 0 Å². The van der Waals surface area contributed by atoms with Crippen molar-refractivity contribution in [1.29, 1.82) is 0 Å². The third-order valence-electron chi connectivity index (χ3n) is 2.93. The fourth-order valence-electron chi connectivity index (χ4n) is 2.00. The fraction of sp³-hybridized carbons (Fsp3) is 0.545. The van der Waals surface area contributed by atoms with Crippen molar-refractivity contribution in [3.8, 4) is 0 Å². The molecule has 2 nitrogen and oxygen atoms in total. The largest absolute Gasteiger partial charge is 0.465 e. The van der Waals surface area contributed by atoms with Gasteiger partial charge < -0.3 is 4.74 Å². The van der Waals surface area contributed by atoms with Gasteiger partial charge >= 0.3 is 12.1 Å². The van der Waals surface area contributed by atoms with E-state index in [2.05, 4.69) is 4.74 Å². The highest BCUT2D eigenvalue weighted by Gasteiger charge is 2.41. The average molecular weight is 264 g/mol. The van der Waals surface area contributed by atoms with Crippen LogP contribution in [0.3, 0.4) is 0 Å². The van der Waals surface area contributed by atoms with Gasteiger partial charge in [-0.3, -0.25) is 0 Å². The molecule has 0 aliphatic heterocycles. The summed E-state index contributed by atoms with van der Waals surface area (Å²) < 4.78 is 42.3. The molecule has 2 rings (SSSR count). The van der Waals surface area contributed by atoms with Crippen LogP contribution in [0.25, 0.3) is 0 Å². The standard InChI is InChI=1S/C11H11F3O2S/c1-16-10(15)9-5-6-4-7(11(12,13)14)2-3-8(6)17-9/h5,7H,2-4H2,1H3. The summed E-state index contributed by atoms with van der Waals surface area (Å²) in [6.45, 7) is 0. The molecule has 1 aromatic heterocycles. The summed E-state index contributed by atoms with van der Waals surface area (Å²) >= 11 is 1.24. The Labute approximate surface area is 100 Å². The molecule has 1 heterocycles. The Bertz CT molecular complexity index is 436. The zero-order valence-electron chi connectivity index (χ0n) is 9.13. The van der Waals surface area contributed by atoms with Gasteiger partial charge in [0.25, 0.3) is 0 Å². The predicted molar refractivity (Wildman–Crippen MR) is 57.2 cm³/mol. The number of esters is 1. The van der Waals surface area contributed by atoms with Crippen LogP contribution in [0.4, 0.5) is 13.2 Å². The van der Waals surface area contributed by atoms with E-state index in [-0.39, 0.29) is 12.8 Å². The first-order chi connectivity index (χ1) is 7.91. The molecule has 0 radical (unpaired) electrons. The zero-order chi connectivity index (χ0) is 12.6. The molecule has 0 saturated carbocycles. The summed E-state index contributed by atoms with van der Waals surface area (Å²) in [7, 11) is 1.26. The SMILES string of the molecule is COC(=O)c1cc2c(s1)CCC(C(F)(F)F)C2. The van der Waals surface area contributed by atoms with Gasteiger partial charge in [0.15, 0.2) is 0 Å². The summed E-state index contributed by atoms with van der Waals surface area (Å²) in [5, 5.41) is 0. The first-order valence-corrected chi connectivity index (χ1v) is 6.00. The summed E-state index contributed by atoms with van der Waals surface area (Å²) in [6, 6.07) is 1.53. The number of halogens is 3. The van der Waals surface area contributed by atoms with Crippen molar-refractivity contribution in [2.75, 3.05) is 7.11 Å². The van der Waals surface area contributed by atoms with Gasteiger partial charge in [0.05, 0.1) is 13.0 Å². The highest BCUT2D eigenvalue weighted by atomic mass is 32.1. The van der Waals surface area contributed by atoms with Crippen molar-refractivity contribution in [3.05, 3.63) is 21.4 Å². The van der Waals surface area contributed by atoms with Crippen LogP contribution in [0, 0.1) is 5.92 Å². The summed E-state index contributed by atoms with van der Waals surface area (Å²) in [4.78, 5) is 12.5. The molecule has 1 unspecified atom stereocenters. The molecule has 0 bridgehead atoms. The minimum atomic E-state index is -4.15. The minimum Gasteiger partial charge on any atom is -0.465 e. The second-order valence-corrected chi connectivity index (χ2v) is 5.17. The first-order valence-electron chi connectivity index (χ1n) is 5.18. The summed E-state index contributed by atoms with van der Waals surface area (Å²) in [5.74, 6) is -1.76. The number of carbonyl (C=O) groups excluding carboxylic acids is 1. The first kappa shape index (κ1) is 12.4. The van der Waals surface area contributed by atoms with Crippen LogP contribution in [-0.4, -0.2) is 19.3 Å². The van der Waals surface area contributed by atoms with Crippen LogP contribution in [0.15, 0.2) is 6.07 Å². The van der Waals surface area contributed by atoms with Crippen molar-refractivity contribution in [3.63, 3.8) is 0 Å². The van der Waals surface area contributed by atoms with E-state index in [1.807, 2.05) is 0 Å². The van der Waals surface area contributed by atoms with Crippen LogP contribution in [-0.2, 0) is 17.6 Å². The molecule has 0 aromatic carbocycles. The van der Waals surface area contributed by atoms with Crippen molar-refractivity contribution in [1.82, 2.24) is 0 Å². The number of alkyl halides is 3. The highest BCUT2D eigenvalue weighted by Crippen LogP contribution is 2.39. The lowest BCUT2D eigenvalue weighted by molar-refractivity contribution is -0.176. The lowest BCUT2D eigenvalue weighted by Crippen LogP contribution is -2.28. The van der Waals surface area contributed by atoms with E-state index in [0.717, 1.165) is 4.88 Å². The van der Waals surface area contributed by atoms with Crippen molar-refractivity contribution in [2.45, 2.75) is 25.4 Å². The third-order valence-corrected chi connectivity index (χ3v) is 4.15. The number of ether oxygens (including phenoxy) is 1. The Kier molecular flexibility index (Phi) is 3.16. The number of fused-ring (bicyclic) bond motifs is 1. The maximum atomic E-state index is 12.6. The Hall–Kier alpha value is -1.04. The van der Waals surface area contributed by atoms with E-state index < -0.39 is 18.1 Å². The Morgan fingerprint density at radius 3 is 2.82 bits per heavy atom. The van der Waals surface area contributed by atoms with Gasteiger partial charge in [0.1, 0.15) is 4.88 Å². The number of rotatable bonds is 1. The summed E-state index contributed by atoms with van der Waals surface area (Å²) in [6.07, 6.45) is -3.67. The number of methoxy groups -OCH3 is 1. The second kappa shape index (κ2) is 4.33. The second-order valence-electron chi connectivity index (χ2n) is 4.03. The topological polar surface area (TPSA) is 26.3 Å². The van der Waals surface area contributed by atoms with Gasteiger partial charge in [-0.15, -0.1) is 11.3 Å². The molecule has 1 atom stereocenters. The molecule has 94 valence electrons. The zero-order valence-corrected chi connectivity index (χ0v) is 9.95. The molecule has 1 aliphatic carbocycles. The third kappa shape index (κ3) is 2.46. The van der Waals surface area contributed by atoms with Crippen LogP contribution < -0.4 is 0 Å². The molecule has 0 spiro atoms. The normalized spacial score (nSPS) is 19.9. The highest BCUT2D eigenvalue weighted by molar-refractivity contribution is 7.14. The maximum Gasteiger partial charge on any atom is 0.392 e. The monoisotopic (exact) mass is 264 g/mol. The number of aryl methyl sites for hydroxylation is 1. The molecule has 0 saturated heterocycles. The molecule has 1 aliphatic rings. The van der Waals surface area contributed by atoms with E-state index in [9.17, 15) is 18.0 Å². The average Bonchev–Trinajstić information content (AvgIpc) is 2.69. The summed E-state index contributed by atoms with van der Waals surface area (Å²) in [5.41, 5.74) is 0.643. The minimum absolute atomic E-state index is 0.0215. The lowest BCUT2D eigenvalue weighted by atomic mass is 9.88. The number of hydrogen-bond acceptors (Lipinski definition) is 3. The van der Waals surface area contributed by atoms with Crippen LogP contribution in [0.2, 0.25) is 0 Å². The molecule has 0 fully saturated rings. The molecule has 6 heteroatoms. The van der Waals surface area contributed by atoms with Crippen molar-refractivity contribution >= 4 is 17.3 Å². The van der Waals surface area contributed by atoms with Crippen LogP contribution in [0.1, 0.15) is 26.5 Å². The van der Waals surface area contributed by atoms with Crippen molar-refractivity contribution < 1.29 is 22.7 Å². The maximum absolute atomic E-state index is 12.6. The molecule has 0 amide bonds. The van der Waals surface area contributed by atoms with Gasteiger partial charge in [0.2, 0.25) is 0 Å². The fourth-order valence-corrected chi connectivity index (χ4v) is 3.13. The van der Waals surface area contributed by atoms with Gasteiger partial charge in [-0.1, -0.05) is 0 Å². The Morgan fingerprint density at radius 1 is 1.53 bits per heavy atom. The smallest absolute Gasteiger partial charge is 0.392 e. The number of thiophene rings is 1. The number of hydrogen-bond donors (Lipinski definition) is 0.